The van der Waals surface area contributed by atoms with Crippen molar-refractivity contribution in [3.63, 3.8) is 0 Å². The van der Waals surface area contributed by atoms with Crippen molar-refractivity contribution < 1.29 is 38.1 Å². The number of benzene rings is 3. The molecule has 0 saturated heterocycles. The maximum absolute atomic E-state index is 13.4. The Kier molecular flexibility index (Phi) is 12.8. The smallest absolute Gasteiger partial charge is 0.416 e. The molecule has 0 heterocycles. The van der Waals surface area contributed by atoms with E-state index in [1.165, 1.54) is 18.1 Å². The van der Waals surface area contributed by atoms with Gasteiger partial charge in [-0.2, -0.15) is 13.2 Å². The molecule has 8 nitrogen and oxygen atoms in total. The molecule has 0 radical (unpaired) electrons. The number of amides is 1. The zero-order valence-corrected chi connectivity index (χ0v) is 26.2. The van der Waals surface area contributed by atoms with Gasteiger partial charge in [-0.3, -0.25) is 4.79 Å². The number of anilines is 2. The lowest BCUT2D eigenvalue weighted by Gasteiger charge is -2.28. The molecule has 1 atom stereocenters. The molecule has 1 amide bonds. The van der Waals surface area contributed by atoms with E-state index in [-0.39, 0.29) is 22.3 Å². The first kappa shape index (κ1) is 35.4. The van der Waals surface area contributed by atoms with Crippen molar-refractivity contribution in [3.05, 3.63) is 112 Å². The topological polar surface area (TPSA) is 122 Å². The average Bonchev–Trinajstić information content (AvgIpc) is 3.03. The summed E-state index contributed by atoms with van der Waals surface area (Å²) in [5.74, 6) is -1.65. The minimum Gasteiger partial charge on any atom is -0.479 e. The molecule has 0 saturated carbocycles. The van der Waals surface area contributed by atoms with E-state index < -0.39 is 36.3 Å². The minimum absolute atomic E-state index is 0.205. The van der Waals surface area contributed by atoms with E-state index in [0.29, 0.717) is 5.82 Å². The van der Waals surface area contributed by atoms with Gasteiger partial charge >= 0.3 is 12.1 Å². The van der Waals surface area contributed by atoms with Crippen LogP contribution in [0.3, 0.4) is 0 Å². The molecule has 0 spiro atoms. The average molecular weight is 691 g/mol. The van der Waals surface area contributed by atoms with Gasteiger partial charge in [0.1, 0.15) is 5.82 Å². The number of hydrogen-bond donors (Lipinski definition) is 5. The number of hydrogen-bond acceptors (Lipinski definition) is 6. The summed E-state index contributed by atoms with van der Waals surface area (Å²) in [6.45, 7) is 3.96. The highest BCUT2D eigenvalue weighted by atomic mass is 79.9. The second kappa shape index (κ2) is 16.3. The maximum Gasteiger partial charge on any atom is 0.416 e. The van der Waals surface area contributed by atoms with Crippen LogP contribution in [0.2, 0.25) is 0 Å². The number of halogens is 4. The number of aliphatic carboxylic acids is 1. The van der Waals surface area contributed by atoms with Gasteiger partial charge in [-0.25, -0.2) is 4.79 Å². The maximum atomic E-state index is 13.4. The van der Waals surface area contributed by atoms with E-state index in [9.17, 15) is 27.9 Å². The summed E-state index contributed by atoms with van der Waals surface area (Å²) in [5, 5.41) is 30.6. The Morgan fingerprint density at radius 1 is 1.02 bits per heavy atom. The molecular formula is C33H35BrF3N3O5. The van der Waals surface area contributed by atoms with E-state index in [4.69, 9.17) is 10.2 Å². The second-order valence-corrected chi connectivity index (χ2v) is 11.1. The van der Waals surface area contributed by atoms with Gasteiger partial charge in [0.2, 0.25) is 0 Å². The number of aliphatic hydroxyl groups excluding tert-OH is 2. The van der Waals surface area contributed by atoms with E-state index in [1.807, 2.05) is 29.2 Å². The second-order valence-electron chi connectivity index (χ2n) is 10.2. The molecule has 0 bridgehead atoms. The first-order valence-corrected chi connectivity index (χ1v) is 14.8. The Bertz CT molecular complexity index is 1510. The molecule has 0 fully saturated rings. The summed E-state index contributed by atoms with van der Waals surface area (Å²) < 4.78 is 40.6. The highest BCUT2D eigenvalue weighted by molar-refractivity contribution is 9.10. The highest BCUT2D eigenvalue weighted by Crippen LogP contribution is 2.35. The summed E-state index contributed by atoms with van der Waals surface area (Å²) in [4.78, 5) is 25.0. The van der Waals surface area contributed by atoms with E-state index in [2.05, 4.69) is 39.2 Å². The molecular weight excluding hydrogens is 655 g/mol. The molecule has 0 aromatic heterocycles. The number of rotatable bonds is 11. The fourth-order valence-electron chi connectivity index (χ4n) is 4.68. The number of allylic oxidation sites excluding steroid dienone is 2. The van der Waals surface area contributed by atoms with Gasteiger partial charge < -0.3 is 30.9 Å². The van der Waals surface area contributed by atoms with Gasteiger partial charge in [-0.15, -0.1) is 0 Å². The molecule has 4 rings (SSSR count). The third-order valence-electron chi connectivity index (χ3n) is 6.98. The quantitative estimate of drug-likeness (QED) is 0.150. The molecule has 3 aromatic rings. The Hall–Kier alpha value is -4.13. The van der Waals surface area contributed by atoms with Crippen molar-refractivity contribution in [3.8, 4) is 0 Å². The molecule has 0 aliphatic heterocycles. The van der Waals surface area contributed by atoms with Crippen LogP contribution in [-0.2, 0) is 17.5 Å². The first-order chi connectivity index (χ1) is 21.4. The van der Waals surface area contributed by atoms with Crippen LogP contribution in [0.1, 0.15) is 52.7 Å². The third-order valence-corrected chi connectivity index (χ3v) is 7.44. The molecule has 1 aliphatic rings. The number of nitrogens with zero attached hydrogens (tertiary/aromatic N) is 1. The molecule has 1 aliphatic carbocycles. The van der Waals surface area contributed by atoms with E-state index >= 15 is 0 Å². The van der Waals surface area contributed by atoms with Gasteiger partial charge in [0.15, 0.2) is 6.10 Å². The fraction of sp³-hybridized carbons (Fsp3) is 0.273. The number of aliphatic hydroxyl groups is 2. The number of carbonyl (C=O) groups excluding carboxylic acids is 1. The van der Waals surface area contributed by atoms with Crippen LogP contribution in [0.5, 0.6) is 0 Å². The standard InChI is InChI=1S/C32H31BrF3N3O4.CH4O/c1-20(38-27-16-25(32(34,35)36)15-26(33)17-27)39(28-13-11-23(12-14-28)22-5-3-2-4-6-22)19-21-7-9-24(10-8-21)30(41)37-18-29(40)31(42)43;1-2/h5,7-17,29,38,40H,1-4,6,18-19H2,(H,37,41)(H,42,43);2H,1H3. The normalized spacial score (nSPS) is 13.4. The largest absolute Gasteiger partial charge is 0.479 e. The van der Waals surface area contributed by atoms with Crippen molar-refractivity contribution in [1.82, 2.24) is 5.32 Å². The van der Waals surface area contributed by atoms with E-state index in [1.54, 1.807) is 24.3 Å². The SMILES string of the molecule is C=C(Nc1cc(Br)cc(C(F)(F)F)c1)N(Cc1ccc(C(=O)NCC(O)C(=O)O)cc1)c1ccc(C2=CCCCC2)cc1.CO. The number of nitrogens with one attached hydrogen (secondary N) is 2. The Morgan fingerprint density at radius 3 is 2.27 bits per heavy atom. The number of alkyl halides is 3. The van der Waals surface area contributed by atoms with Crippen LogP contribution in [0.15, 0.2) is 89.7 Å². The van der Waals surface area contributed by atoms with Gasteiger partial charge in [0.05, 0.1) is 12.1 Å². The molecule has 240 valence electrons. The number of carboxylic acids is 1. The van der Waals surface area contributed by atoms with Crippen molar-refractivity contribution in [2.75, 3.05) is 23.9 Å². The van der Waals surface area contributed by atoms with Crippen LogP contribution >= 0.6 is 15.9 Å². The molecule has 45 heavy (non-hydrogen) atoms. The minimum atomic E-state index is -4.52. The van der Waals surface area contributed by atoms with Gasteiger partial charge in [-0.1, -0.05) is 52.9 Å². The van der Waals surface area contributed by atoms with Crippen LogP contribution in [0, 0.1) is 0 Å². The molecule has 1 unspecified atom stereocenters. The van der Waals surface area contributed by atoms with Crippen molar-refractivity contribution in [2.45, 2.75) is 44.5 Å². The van der Waals surface area contributed by atoms with Crippen molar-refractivity contribution in [1.29, 1.82) is 0 Å². The summed E-state index contributed by atoms with van der Waals surface area (Å²) in [5.41, 5.74) is 3.60. The molecule has 3 aromatic carbocycles. The van der Waals surface area contributed by atoms with Crippen LogP contribution < -0.4 is 15.5 Å². The summed E-state index contributed by atoms with van der Waals surface area (Å²) in [6.07, 6.45) is 0.390. The van der Waals surface area contributed by atoms with Gasteiger partial charge in [-0.05, 0) is 84.8 Å². The highest BCUT2D eigenvalue weighted by Gasteiger charge is 2.31. The molecule has 12 heteroatoms. The Balaban J connectivity index is 0.00000271. The van der Waals surface area contributed by atoms with Gasteiger partial charge in [0.25, 0.3) is 5.91 Å². The van der Waals surface area contributed by atoms with Crippen LogP contribution in [0.4, 0.5) is 24.5 Å². The predicted molar refractivity (Wildman–Crippen MR) is 172 cm³/mol. The summed E-state index contributed by atoms with van der Waals surface area (Å²) in [6, 6.07) is 18.0. The lowest BCUT2D eigenvalue weighted by molar-refractivity contribution is -0.146. The molecule has 5 N–H and O–H groups in total. The van der Waals surface area contributed by atoms with Crippen molar-refractivity contribution in [2.24, 2.45) is 0 Å². The Morgan fingerprint density at radius 2 is 1.69 bits per heavy atom. The lowest BCUT2D eigenvalue weighted by Crippen LogP contribution is -2.36. The number of carboxylic acid groups (broad SMARTS) is 1. The van der Waals surface area contributed by atoms with Crippen molar-refractivity contribution >= 4 is 44.8 Å². The van der Waals surface area contributed by atoms with Gasteiger partial charge in [0, 0.05) is 35.1 Å². The van der Waals surface area contributed by atoms with Crippen LogP contribution in [0.25, 0.3) is 5.57 Å². The number of carbonyl (C=O) groups is 2. The monoisotopic (exact) mass is 689 g/mol. The lowest BCUT2D eigenvalue weighted by atomic mass is 9.93. The third kappa shape index (κ3) is 10.2. The van der Waals surface area contributed by atoms with Crippen LogP contribution in [-0.4, -0.2) is 47.0 Å². The zero-order valence-electron chi connectivity index (χ0n) is 24.6. The summed E-state index contributed by atoms with van der Waals surface area (Å²) >= 11 is 3.16. The fourth-order valence-corrected chi connectivity index (χ4v) is 5.17. The predicted octanol–water partition coefficient (Wildman–Crippen LogP) is 6.80. The van der Waals surface area contributed by atoms with E-state index in [0.717, 1.165) is 55.3 Å². The summed E-state index contributed by atoms with van der Waals surface area (Å²) in [7, 11) is 1.00. The first-order valence-electron chi connectivity index (χ1n) is 14.0. The Labute approximate surface area is 268 Å². The zero-order chi connectivity index (χ0) is 33.1.